The van der Waals surface area contributed by atoms with Crippen molar-refractivity contribution in [1.29, 1.82) is 0 Å². The molecule has 0 amide bonds. The first-order valence-corrected chi connectivity index (χ1v) is 16.4. The Balaban J connectivity index is 1.25. The Kier molecular flexibility index (Phi) is 4.65. The number of rotatable bonds is 1. The molecule has 45 heavy (non-hydrogen) atoms. The number of hydrogen-bond acceptors (Lipinski definition) is 3. The van der Waals surface area contributed by atoms with E-state index < -0.39 is 0 Å². The number of para-hydroxylation sites is 4. The van der Waals surface area contributed by atoms with Gasteiger partial charge in [-0.1, -0.05) is 90.4 Å². The summed E-state index contributed by atoms with van der Waals surface area (Å²) in [4.78, 5) is 6.40. The molecule has 5 heteroatoms. The van der Waals surface area contributed by atoms with Gasteiger partial charge in [-0.3, -0.25) is 0 Å². The fourth-order valence-corrected chi connectivity index (χ4v) is 9.18. The number of hydrogen-bond donors (Lipinski definition) is 1. The summed E-state index contributed by atoms with van der Waals surface area (Å²) >= 11 is 1.88. The smallest absolute Gasteiger partial charge is 0.198 e. The van der Waals surface area contributed by atoms with Crippen molar-refractivity contribution in [3.63, 3.8) is 0 Å². The normalized spacial score (nSPS) is 16.8. The van der Waals surface area contributed by atoms with Crippen LogP contribution in [0.3, 0.4) is 0 Å². The molecular weight excluding hydrogens is 567 g/mol. The average molecular weight is 592 g/mol. The molecule has 2 aliphatic heterocycles. The second kappa shape index (κ2) is 8.68. The van der Waals surface area contributed by atoms with E-state index in [0.29, 0.717) is 5.92 Å². The highest BCUT2D eigenvalue weighted by Gasteiger charge is 2.36. The van der Waals surface area contributed by atoms with Gasteiger partial charge in [0.15, 0.2) is 18.8 Å². The van der Waals surface area contributed by atoms with Gasteiger partial charge in [-0.25, -0.2) is 0 Å². The van der Waals surface area contributed by atoms with E-state index in [9.17, 15) is 0 Å². The first-order chi connectivity index (χ1) is 22.3. The molecule has 7 aromatic rings. The summed E-state index contributed by atoms with van der Waals surface area (Å²) in [6.07, 6.45) is 12.3. The Morgan fingerprint density at radius 3 is 2.67 bits per heavy atom. The van der Waals surface area contributed by atoms with Gasteiger partial charge in [-0.05, 0) is 59.4 Å². The van der Waals surface area contributed by atoms with E-state index >= 15 is 0 Å². The lowest BCUT2D eigenvalue weighted by molar-refractivity contribution is 0.477. The fourth-order valence-electron chi connectivity index (χ4n) is 7.95. The maximum absolute atomic E-state index is 6.49. The largest absolute Gasteiger partial charge is 0.453 e. The lowest BCUT2D eigenvalue weighted by atomic mass is 9.58. The number of aromatic nitrogens is 1. The van der Waals surface area contributed by atoms with E-state index in [4.69, 9.17) is 4.74 Å². The van der Waals surface area contributed by atoms with Crippen molar-refractivity contribution in [2.24, 2.45) is 5.92 Å². The van der Waals surface area contributed by atoms with Crippen LogP contribution in [-0.2, 0) is 6.42 Å². The second-order valence-electron chi connectivity index (χ2n) is 12.3. The molecule has 1 N–H and O–H groups in total. The van der Waals surface area contributed by atoms with Gasteiger partial charge in [0.1, 0.15) is 0 Å². The van der Waals surface area contributed by atoms with Crippen LogP contribution in [0.1, 0.15) is 11.3 Å². The van der Waals surface area contributed by atoms with Crippen molar-refractivity contribution in [2.75, 3.05) is 4.90 Å². The molecule has 2 aromatic heterocycles. The molecule has 11 rings (SSSR count). The van der Waals surface area contributed by atoms with Crippen LogP contribution < -0.4 is 20.6 Å². The van der Waals surface area contributed by atoms with Crippen LogP contribution in [0.4, 0.5) is 17.1 Å². The van der Waals surface area contributed by atoms with E-state index in [1.807, 2.05) is 11.3 Å². The highest BCUT2D eigenvalue weighted by molar-refractivity contribution is 7.26. The molecule has 2 aliphatic carbocycles. The van der Waals surface area contributed by atoms with Crippen molar-refractivity contribution < 1.29 is 4.74 Å². The summed E-state index contributed by atoms with van der Waals surface area (Å²) in [7, 11) is 2.38. The number of H-pyrrole nitrogens is 1. The third-order valence-electron chi connectivity index (χ3n) is 9.94. The van der Waals surface area contributed by atoms with Crippen LogP contribution in [0.15, 0.2) is 121 Å². The second-order valence-corrected chi connectivity index (χ2v) is 13.4. The molecular formula is C40H24BN2OS. The fraction of sp³-hybridized carbons (Fsp3) is 0.0500. The van der Waals surface area contributed by atoms with E-state index in [0.717, 1.165) is 29.3 Å². The number of fused-ring (bicyclic) bond motifs is 12. The lowest BCUT2D eigenvalue weighted by Gasteiger charge is -2.39. The zero-order valence-electron chi connectivity index (χ0n) is 24.2. The minimum atomic E-state index is 0.431. The van der Waals surface area contributed by atoms with E-state index in [1.54, 1.807) is 0 Å². The van der Waals surface area contributed by atoms with Gasteiger partial charge in [-0.15, -0.1) is 11.3 Å². The Labute approximate surface area is 264 Å². The number of nitrogens with one attached hydrogen (secondary N) is 1. The van der Waals surface area contributed by atoms with Gasteiger partial charge >= 0.3 is 0 Å². The minimum absolute atomic E-state index is 0.431. The molecule has 4 heterocycles. The molecule has 3 nitrogen and oxygen atoms in total. The van der Waals surface area contributed by atoms with Crippen LogP contribution in [0.5, 0.6) is 11.5 Å². The van der Waals surface area contributed by atoms with Crippen LogP contribution in [0, 0.1) is 5.92 Å². The standard InChI is InChI=1S/C40H24BN2OS/c1-2-10-23-20-31-27(19-22(23)9-1)25-12-7-13-26(37(25)42-31)28-21-29-24-11-3-6-18-35(24)45-40(29)39-36(28)41-30-14-8-17-34-38(30)43(39)32-15-4-5-16-33(32)44-34/h1-19,21,23,42H,20H2. The summed E-state index contributed by atoms with van der Waals surface area (Å²) in [5, 5.41) is 3.88. The third-order valence-corrected chi connectivity index (χ3v) is 11.1. The zero-order chi connectivity index (χ0) is 29.2. The Morgan fingerprint density at radius 1 is 0.800 bits per heavy atom. The minimum Gasteiger partial charge on any atom is -0.453 e. The SMILES string of the molecule is [B]1c2cccc3c2N(c2ccccc2O3)c2c1c(-c1cccc3c4c([nH]c13)CC1C=CC=CC1=C4)cc1c2sc2ccccc21. The number of nitrogens with zero attached hydrogens (tertiary/aromatic N) is 1. The van der Waals surface area contributed by atoms with E-state index in [2.05, 4.69) is 139 Å². The van der Waals surface area contributed by atoms with Crippen molar-refractivity contribution in [1.82, 2.24) is 4.98 Å². The van der Waals surface area contributed by atoms with Crippen LogP contribution >= 0.6 is 11.3 Å². The maximum atomic E-state index is 6.49. The molecule has 0 fully saturated rings. The van der Waals surface area contributed by atoms with Crippen LogP contribution in [0.2, 0.25) is 0 Å². The monoisotopic (exact) mass is 591 g/mol. The van der Waals surface area contributed by atoms with Gasteiger partial charge in [-0.2, -0.15) is 0 Å². The van der Waals surface area contributed by atoms with Gasteiger partial charge in [0.05, 0.1) is 27.3 Å². The summed E-state index contributed by atoms with van der Waals surface area (Å²) in [6, 6.07) is 32.9. The number of anilines is 3. The molecule has 1 unspecified atom stereocenters. The molecule has 4 aliphatic rings. The van der Waals surface area contributed by atoms with Crippen molar-refractivity contribution >= 4 is 83.8 Å². The number of aromatic amines is 1. The van der Waals surface area contributed by atoms with E-state index in [1.165, 1.54) is 75.6 Å². The topological polar surface area (TPSA) is 28.3 Å². The summed E-state index contributed by atoms with van der Waals surface area (Å²) in [5.41, 5.74) is 13.6. The number of thiophene rings is 1. The first-order valence-electron chi connectivity index (χ1n) is 15.5. The number of ether oxygens (including phenoxy) is 1. The third kappa shape index (κ3) is 3.21. The predicted octanol–water partition coefficient (Wildman–Crippen LogP) is 9.43. The Hall–Kier alpha value is -5.26. The van der Waals surface area contributed by atoms with Crippen LogP contribution in [0.25, 0.3) is 48.3 Å². The molecule has 209 valence electrons. The summed E-state index contributed by atoms with van der Waals surface area (Å²) in [5.74, 6) is 2.21. The molecule has 0 spiro atoms. The highest BCUT2D eigenvalue weighted by atomic mass is 32.1. The Morgan fingerprint density at radius 2 is 1.67 bits per heavy atom. The van der Waals surface area contributed by atoms with Gasteiger partial charge in [0.25, 0.3) is 0 Å². The van der Waals surface area contributed by atoms with Gasteiger partial charge < -0.3 is 14.6 Å². The highest BCUT2D eigenvalue weighted by Crippen LogP contribution is 2.54. The first kappa shape index (κ1) is 24.1. The quantitative estimate of drug-likeness (QED) is 0.193. The van der Waals surface area contributed by atoms with Crippen molar-refractivity contribution in [3.05, 3.63) is 132 Å². The number of benzene rings is 5. The molecule has 1 atom stereocenters. The molecule has 0 saturated carbocycles. The summed E-state index contributed by atoms with van der Waals surface area (Å²) in [6.45, 7) is 0. The molecule has 5 aromatic carbocycles. The Bertz CT molecular complexity index is 2550. The van der Waals surface area contributed by atoms with Gasteiger partial charge in [0.2, 0.25) is 0 Å². The van der Waals surface area contributed by atoms with Crippen molar-refractivity contribution in [2.45, 2.75) is 6.42 Å². The average Bonchev–Trinajstić information content (AvgIpc) is 3.64. The molecule has 0 bridgehead atoms. The predicted molar refractivity (Wildman–Crippen MR) is 190 cm³/mol. The lowest BCUT2D eigenvalue weighted by Crippen LogP contribution is -2.42. The zero-order valence-corrected chi connectivity index (χ0v) is 25.0. The van der Waals surface area contributed by atoms with E-state index in [-0.39, 0.29) is 0 Å². The van der Waals surface area contributed by atoms with Crippen LogP contribution in [-0.4, -0.2) is 12.3 Å². The summed E-state index contributed by atoms with van der Waals surface area (Å²) < 4.78 is 9.09. The van der Waals surface area contributed by atoms with Crippen molar-refractivity contribution in [3.8, 4) is 22.6 Å². The maximum Gasteiger partial charge on any atom is 0.198 e. The number of allylic oxidation sites excluding steroid dienone is 5. The van der Waals surface area contributed by atoms with Gasteiger partial charge in [0, 0.05) is 43.6 Å². The molecule has 0 saturated heterocycles. The molecule has 1 radical (unpaired) electrons.